The van der Waals surface area contributed by atoms with Crippen LogP contribution in [-0.2, 0) is 0 Å². The van der Waals surface area contributed by atoms with Crippen LogP contribution in [0.3, 0.4) is 0 Å². The second kappa shape index (κ2) is 6.87. The number of nitrogens with one attached hydrogen (secondary N) is 1. The molecule has 18 heavy (non-hydrogen) atoms. The minimum Gasteiger partial charge on any atom is -0.489 e. The van der Waals surface area contributed by atoms with Gasteiger partial charge in [0.05, 0.1) is 6.10 Å². The zero-order chi connectivity index (χ0) is 13.5. The van der Waals surface area contributed by atoms with Gasteiger partial charge in [0.25, 0.3) is 0 Å². The Morgan fingerprint density at radius 1 is 1.56 bits per heavy atom. The van der Waals surface area contributed by atoms with Crippen LogP contribution in [0.5, 0.6) is 5.75 Å². The lowest BCUT2D eigenvalue weighted by Gasteiger charge is -2.12. The molecule has 6 heteroatoms. The fourth-order valence-corrected chi connectivity index (χ4v) is 1.55. The summed E-state index contributed by atoms with van der Waals surface area (Å²) in [4.78, 5) is 4.16. The fraction of sp³-hybridized carbons (Fsp3) is 0.333. The molecule has 0 aromatic heterocycles. The summed E-state index contributed by atoms with van der Waals surface area (Å²) in [6, 6.07) is 4.11. The first-order valence-electron chi connectivity index (χ1n) is 5.30. The van der Waals surface area contributed by atoms with Crippen molar-refractivity contribution in [2.45, 2.75) is 20.0 Å². The van der Waals surface area contributed by atoms with E-state index >= 15 is 0 Å². The largest absolute Gasteiger partial charge is 0.489 e. The predicted molar refractivity (Wildman–Crippen MR) is 71.5 cm³/mol. The van der Waals surface area contributed by atoms with E-state index in [0.29, 0.717) is 16.6 Å². The summed E-state index contributed by atoms with van der Waals surface area (Å²) < 4.78 is 18.7. The highest BCUT2D eigenvalue weighted by atomic mass is 32.2. The van der Waals surface area contributed by atoms with Crippen LogP contribution in [0.4, 0.5) is 10.1 Å². The van der Waals surface area contributed by atoms with Gasteiger partial charge < -0.3 is 4.74 Å². The molecule has 0 saturated heterocycles. The number of hydrogen-bond donors (Lipinski definition) is 1. The van der Waals surface area contributed by atoms with Gasteiger partial charge in [-0.05, 0) is 32.2 Å². The van der Waals surface area contributed by atoms with E-state index < -0.39 is 5.82 Å². The smallest absolute Gasteiger partial charge is 0.183 e. The van der Waals surface area contributed by atoms with Crippen LogP contribution >= 0.6 is 11.8 Å². The first-order valence-corrected chi connectivity index (χ1v) is 6.53. The van der Waals surface area contributed by atoms with E-state index in [4.69, 9.17) is 10.00 Å². The molecule has 0 atom stereocenters. The second-order valence-electron chi connectivity index (χ2n) is 3.64. The molecule has 96 valence electrons. The van der Waals surface area contributed by atoms with Crippen LogP contribution in [-0.4, -0.2) is 17.5 Å². The van der Waals surface area contributed by atoms with Crippen molar-refractivity contribution >= 4 is 22.6 Å². The van der Waals surface area contributed by atoms with Crippen molar-refractivity contribution in [1.82, 2.24) is 5.32 Å². The third-order valence-corrected chi connectivity index (χ3v) is 2.44. The average Bonchev–Trinajstić information content (AvgIpc) is 2.31. The Hall–Kier alpha value is -1.74. The van der Waals surface area contributed by atoms with Gasteiger partial charge in [-0.1, -0.05) is 11.8 Å². The van der Waals surface area contributed by atoms with Crippen LogP contribution in [0.2, 0.25) is 0 Å². The summed E-state index contributed by atoms with van der Waals surface area (Å²) in [7, 11) is 0. The molecule has 0 aliphatic heterocycles. The number of rotatable bonds is 3. The van der Waals surface area contributed by atoms with Crippen LogP contribution in [0.1, 0.15) is 13.8 Å². The monoisotopic (exact) mass is 267 g/mol. The summed E-state index contributed by atoms with van der Waals surface area (Å²) in [5, 5.41) is 11.4. The number of halogens is 1. The molecule has 1 aromatic rings. The maximum absolute atomic E-state index is 13.2. The minimum absolute atomic E-state index is 0.0360. The van der Waals surface area contributed by atoms with Crippen molar-refractivity contribution in [1.29, 1.82) is 5.26 Å². The van der Waals surface area contributed by atoms with E-state index in [9.17, 15) is 4.39 Å². The SMILES string of the molecule is CSC(=Nc1cc(F)ccc1OC(C)C)NC#N. The Kier molecular flexibility index (Phi) is 5.46. The van der Waals surface area contributed by atoms with Gasteiger partial charge in [-0.25, -0.2) is 9.38 Å². The van der Waals surface area contributed by atoms with E-state index in [1.165, 1.54) is 30.0 Å². The number of ether oxygens (including phenoxy) is 1. The number of hydrogen-bond acceptors (Lipinski definition) is 4. The van der Waals surface area contributed by atoms with Gasteiger partial charge in [-0.2, -0.15) is 5.26 Å². The molecule has 0 heterocycles. The average molecular weight is 267 g/mol. The van der Waals surface area contributed by atoms with Gasteiger partial charge in [-0.3, -0.25) is 5.32 Å². The minimum atomic E-state index is -0.401. The lowest BCUT2D eigenvalue weighted by molar-refractivity contribution is 0.243. The second-order valence-corrected chi connectivity index (χ2v) is 4.43. The molecule has 0 bridgehead atoms. The van der Waals surface area contributed by atoms with Gasteiger partial charge in [0.1, 0.15) is 17.3 Å². The Bertz CT molecular complexity index is 483. The summed E-state index contributed by atoms with van der Waals surface area (Å²) >= 11 is 1.26. The lowest BCUT2D eigenvalue weighted by atomic mass is 10.3. The quantitative estimate of drug-likeness (QED) is 0.396. The molecule has 0 fully saturated rings. The van der Waals surface area contributed by atoms with Crippen molar-refractivity contribution in [3.63, 3.8) is 0 Å². The predicted octanol–water partition coefficient (Wildman–Crippen LogP) is 3.03. The molecule has 0 amide bonds. The van der Waals surface area contributed by atoms with Gasteiger partial charge >= 0.3 is 0 Å². The molecule has 1 aromatic carbocycles. The lowest BCUT2D eigenvalue weighted by Crippen LogP contribution is -2.13. The Morgan fingerprint density at radius 3 is 2.83 bits per heavy atom. The Labute approximate surface area is 110 Å². The highest BCUT2D eigenvalue weighted by molar-refractivity contribution is 8.13. The molecule has 0 aliphatic carbocycles. The summed E-state index contributed by atoms with van der Waals surface area (Å²) in [6.45, 7) is 3.75. The van der Waals surface area contributed by atoms with E-state index in [-0.39, 0.29) is 6.10 Å². The Balaban J connectivity index is 3.12. The molecule has 0 saturated carbocycles. The first-order chi connectivity index (χ1) is 8.56. The van der Waals surface area contributed by atoms with Crippen molar-refractivity contribution in [2.75, 3.05) is 6.26 Å². The topological polar surface area (TPSA) is 57.4 Å². The number of nitrogens with zero attached hydrogens (tertiary/aromatic N) is 2. The summed E-state index contributed by atoms with van der Waals surface area (Å²) in [5.74, 6) is 0.0833. The molecular formula is C12H14FN3OS. The van der Waals surface area contributed by atoms with E-state index in [1.807, 2.05) is 13.8 Å². The van der Waals surface area contributed by atoms with Crippen LogP contribution in [0.15, 0.2) is 23.2 Å². The van der Waals surface area contributed by atoms with Gasteiger partial charge in [-0.15, -0.1) is 0 Å². The fourth-order valence-electron chi connectivity index (χ4n) is 1.21. The zero-order valence-electron chi connectivity index (χ0n) is 10.4. The molecule has 1 N–H and O–H groups in total. The maximum Gasteiger partial charge on any atom is 0.183 e. The molecule has 0 radical (unpaired) electrons. The molecule has 0 aliphatic rings. The van der Waals surface area contributed by atoms with E-state index in [0.717, 1.165) is 0 Å². The molecule has 1 rings (SSSR count). The van der Waals surface area contributed by atoms with E-state index in [1.54, 1.807) is 12.4 Å². The third-order valence-electron chi connectivity index (χ3n) is 1.86. The Morgan fingerprint density at radius 2 is 2.28 bits per heavy atom. The zero-order valence-corrected chi connectivity index (χ0v) is 11.2. The van der Waals surface area contributed by atoms with Crippen LogP contribution < -0.4 is 10.1 Å². The highest BCUT2D eigenvalue weighted by Gasteiger charge is 2.08. The number of aliphatic imine (C=N–C) groups is 1. The first kappa shape index (κ1) is 14.3. The molecule has 0 spiro atoms. The summed E-state index contributed by atoms with van der Waals surface area (Å²) in [5.41, 5.74) is 0.357. The van der Waals surface area contributed by atoms with Gasteiger partial charge in [0.2, 0.25) is 0 Å². The van der Waals surface area contributed by atoms with Crippen LogP contribution in [0, 0.1) is 17.3 Å². The number of thioether (sulfide) groups is 1. The van der Waals surface area contributed by atoms with Crippen molar-refractivity contribution in [3.8, 4) is 11.9 Å². The highest BCUT2D eigenvalue weighted by Crippen LogP contribution is 2.29. The van der Waals surface area contributed by atoms with Crippen LogP contribution in [0.25, 0.3) is 0 Å². The number of nitriles is 1. The standard InChI is InChI=1S/C12H14FN3OS/c1-8(2)17-11-5-4-9(13)6-10(11)16-12(18-3)15-7-14/h4-6,8H,1-3H3,(H,15,16). The van der Waals surface area contributed by atoms with Crippen molar-refractivity contribution in [2.24, 2.45) is 4.99 Å². The van der Waals surface area contributed by atoms with Crippen molar-refractivity contribution < 1.29 is 9.13 Å². The van der Waals surface area contributed by atoms with Crippen molar-refractivity contribution in [3.05, 3.63) is 24.0 Å². The molecule has 0 unspecified atom stereocenters. The number of benzene rings is 1. The van der Waals surface area contributed by atoms with Gasteiger partial charge in [0, 0.05) is 6.07 Å². The number of amidine groups is 1. The molecule has 4 nitrogen and oxygen atoms in total. The third kappa shape index (κ3) is 4.26. The normalized spacial score (nSPS) is 11.2. The summed E-state index contributed by atoms with van der Waals surface area (Å²) in [6.07, 6.45) is 3.51. The molecular weight excluding hydrogens is 253 g/mol. The van der Waals surface area contributed by atoms with E-state index in [2.05, 4.69) is 10.3 Å². The maximum atomic E-state index is 13.2. The van der Waals surface area contributed by atoms with Gasteiger partial charge in [0.15, 0.2) is 11.4 Å².